The number of hydrogen-bond donors (Lipinski definition) is 7. The first-order chi connectivity index (χ1) is 12.3. The van der Waals surface area contributed by atoms with Gasteiger partial charge in [0.05, 0.1) is 6.10 Å². The molecule has 8 nitrogen and oxygen atoms in total. The number of aliphatic hydroxyl groups excluding tert-OH is 6. The number of hydrogen-bond acceptors (Lipinski definition) is 7. The maximum atomic E-state index is 10.5. The zero-order chi connectivity index (χ0) is 19.9. The molecule has 0 amide bonds. The zero-order valence-electron chi connectivity index (χ0n) is 15.4. The summed E-state index contributed by atoms with van der Waals surface area (Å²) in [6.45, 7) is 0.261. The Morgan fingerprint density at radius 2 is 1.04 bits per heavy atom. The van der Waals surface area contributed by atoms with Crippen LogP contribution in [-0.4, -0.2) is 108 Å². The summed E-state index contributed by atoms with van der Waals surface area (Å²) in [6.07, 6.45) is 1.12. The van der Waals surface area contributed by atoms with E-state index in [1.807, 2.05) is 0 Å². The van der Waals surface area contributed by atoms with E-state index in [1.54, 1.807) is 0 Å². The number of unbranched alkanes of at least 4 members (excludes halogenated alkanes) is 9. The van der Waals surface area contributed by atoms with Gasteiger partial charge in [0, 0.05) is 6.61 Å². The fourth-order valence-electron chi connectivity index (χ4n) is 2.81. The van der Waals surface area contributed by atoms with Gasteiger partial charge < -0.3 is 35.7 Å². The Labute approximate surface area is 183 Å². The molecule has 7 N–H and O–H groups in total. The van der Waals surface area contributed by atoms with Crippen LogP contribution < -0.4 is 0 Å². The molecule has 0 heterocycles. The Bertz CT molecular complexity index is 358. The van der Waals surface area contributed by atoms with Crippen LogP contribution in [0.2, 0.25) is 0 Å². The van der Waals surface area contributed by atoms with Crippen molar-refractivity contribution in [1.29, 1.82) is 0 Å². The second-order valence-electron chi connectivity index (χ2n) is 6.87. The predicted molar refractivity (Wildman–Crippen MR) is 103 cm³/mol. The molecule has 0 aliphatic rings. The van der Waals surface area contributed by atoms with Gasteiger partial charge in [0.2, 0.25) is 0 Å². The molecule has 5 unspecified atom stereocenters. The minimum absolute atomic E-state index is 0. The van der Waals surface area contributed by atoms with E-state index in [4.69, 9.17) is 15.3 Å². The van der Waals surface area contributed by atoms with Crippen LogP contribution in [-0.2, 0) is 4.79 Å². The third kappa shape index (κ3) is 13.9. The number of carboxylic acid groups (broad SMARTS) is 1. The number of carboxylic acids is 1. The van der Waals surface area contributed by atoms with Crippen LogP contribution in [0.5, 0.6) is 0 Å². The van der Waals surface area contributed by atoms with E-state index in [0.29, 0.717) is 6.42 Å². The Morgan fingerprint density at radius 3 is 1.44 bits per heavy atom. The minimum atomic E-state index is -2.23. The Kier molecular flexibility index (Phi) is 19.9. The van der Waals surface area contributed by atoms with Crippen molar-refractivity contribution in [1.82, 2.24) is 0 Å². The van der Waals surface area contributed by atoms with Crippen molar-refractivity contribution in [3.8, 4) is 0 Å². The van der Waals surface area contributed by atoms with Crippen LogP contribution in [0.25, 0.3) is 0 Å². The van der Waals surface area contributed by atoms with Crippen LogP contribution >= 0.6 is 0 Å². The summed E-state index contributed by atoms with van der Waals surface area (Å²) < 4.78 is 0. The van der Waals surface area contributed by atoms with Crippen molar-refractivity contribution in [2.45, 2.75) is 101 Å². The van der Waals surface area contributed by atoms with Crippen molar-refractivity contribution < 1.29 is 40.5 Å². The second kappa shape index (κ2) is 18.3. The van der Waals surface area contributed by atoms with Gasteiger partial charge in [-0.3, -0.25) is 0 Å². The van der Waals surface area contributed by atoms with Crippen LogP contribution in [0.4, 0.5) is 0 Å². The molecule has 0 aliphatic heterocycles. The van der Waals surface area contributed by atoms with Crippen molar-refractivity contribution in [2.24, 2.45) is 0 Å². The predicted octanol–water partition coefficient (Wildman–Crippen LogP) is -0.490. The third-order valence-corrected chi connectivity index (χ3v) is 4.58. The summed E-state index contributed by atoms with van der Waals surface area (Å²) in [5.41, 5.74) is 0. The summed E-state index contributed by atoms with van der Waals surface area (Å²) in [7, 11) is 0. The first-order valence-electron chi connectivity index (χ1n) is 9.57. The summed E-state index contributed by atoms with van der Waals surface area (Å²) >= 11 is 0. The summed E-state index contributed by atoms with van der Waals surface area (Å²) in [5, 5.41) is 65.1. The normalized spacial score (nSPS) is 16.8. The van der Waals surface area contributed by atoms with Gasteiger partial charge in [0.1, 0.15) is 18.3 Å². The molecular formula is C18H37NaO8. The molecule has 0 aromatic rings. The van der Waals surface area contributed by atoms with Crippen molar-refractivity contribution >= 4 is 35.5 Å². The zero-order valence-corrected chi connectivity index (χ0v) is 15.4. The molecule has 0 rings (SSSR count). The van der Waals surface area contributed by atoms with Gasteiger partial charge in [-0.05, 0) is 12.8 Å². The molecule has 0 radical (unpaired) electrons. The van der Waals surface area contributed by atoms with Crippen molar-refractivity contribution in [3.63, 3.8) is 0 Å². The van der Waals surface area contributed by atoms with E-state index >= 15 is 0 Å². The van der Waals surface area contributed by atoms with Crippen LogP contribution in [0, 0.1) is 0 Å². The van der Waals surface area contributed by atoms with E-state index in [0.717, 1.165) is 44.9 Å². The molecule has 0 saturated carbocycles. The average molecular weight is 404 g/mol. The SMILES string of the molecule is O=C(O)C(O)C(O)C(O)C(O)C(O)CCCCCCCCCCCCO.[NaH]. The number of rotatable bonds is 17. The summed E-state index contributed by atoms with van der Waals surface area (Å²) in [4.78, 5) is 10.5. The monoisotopic (exact) mass is 404 g/mol. The molecule has 0 spiro atoms. The van der Waals surface area contributed by atoms with E-state index in [9.17, 15) is 25.2 Å². The molecule has 27 heavy (non-hydrogen) atoms. The van der Waals surface area contributed by atoms with Gasteiger partial charge in [0.15, 0.2) is 6.10 Å². The molecule has 0 aliphatic carbocycles. The fraction of sp³-hybridized carbons (Fsp3) is 0.944. The van der Waals surface area contributed by atoms with Gasteiger partial charge >= 0.3 is 35.5 Å². The Morgan fingerprint density at radius 1 is 0.630 bits per heavy atom. The Balaban J connectivity index is 0. The topological polar surface area (TPSA) is 159 Å². The number of carbonyl (C=O) groups is 1. The molecule has 0 fully saturated rings. The molecule has 0 aromatic heterocycles. The van der Waals surface area contributed by atoms with Gasteiger partial charge in [-0.1, -0.05) is 57.8 Å². The van der Waals surface area contributed by atoms with Gasteiger partial charge in [-0.15, -0.1) is 0 Å². The average Bonchev–Trinajstić information content (AvgIpc) is 2.63. The van der Waals surface area contributed by atoms with Crippen molar-refractivity contribution in [3.05, 3.63) is 0 Å². The van der Waals surface area contributed by atoms with E-state index in [2.05, 4.69) is 0 Å². The van der Waals surface area contributed by atoms with Crippen LogP contribution in [0.15, 0.2) is 0 Å². The first kappa shape index (κ1) is 29.4. The molecular weight excluding hydrogens is 367 g/mol. The van der Waals surface area contributed by atoms with E-state index in [-0.39, 0.29) is 42.6 Å². The van der Waals surface area contributed by atoms with Crippen LogP contribution in [0.1, 0.15) is 70.6 Å². The molecule has 0 bridgehead atoms. The maximum absolute atomic E-state index is 10.5. The molecule has 5 atom stereocenters. The summed E-state index contributed by atoms with van der Waals surface area (Å²) in [5.74, 6) is -1.72. The summed E-state index contributed by atoms with van der Waals surface area (Å²) in [6, 6.07) is 0. The van der Waals surface area contributed by atoms with Gasteiger partial charge in [-0.2, -0.15) is 0 Å². The quantitative estimate of drug-likeness (QED) is 0.126. The number of aliphatic carboxylic acids is 1. The standard InChI is InChI=1S/C18H36O8.Na.H/c19-12-10-8-6-4-2-1-3-5-7-9-11-13(20)14(21)15(22)16(23)17(24)18(25)26;;/h13-17,19-24H,1-12H2,(H,25,26);;. The number of aliphatic hydroxyl groups is 6. The van der Waals surface area contributed by atoms with Crippen LogP contribution in [0.3, 0.4) is 0 Å². The molecule has 9 heteroatoms. The first-order valence-corrected chi connectivity index (χ1v) is 9.57. The fourth-order valence-corrected chi connectivity index (χ4v) is 2.81. The molecule has 0 saturated heterocycles. The van der Waals surface area contributed by atoms with Gasteiger partial charge in [-0.25, -0.2) is 4.79 Å². The third-order valence-electron chi connectivity index (χ3n) is 4.58. The van der Waals surface area contributed by atoms with Gasteiger partial charge in [0.25, 0.3) is 0 Å². The Hall–Kier alpha value is 0.230. The molecule has 0 aromatic carbocycles. The van der Waals surface area contributed by atoms with E-state index in [1.165, 1.54) is 12.8 Å². The molecule has 158 valence electrons. The van der Waals surface area contributed by atoms with E-state index < -0.39 is 36.5 Å². The van der Waals surface area contributed by atoms with Crippen molar-refractivity contribution in [2.75, 3.05) is 6.61 Å². The second-order valence-corrected chi connectivity index (χ2v) is 6.87.